The summed E-state index contributed by atoms with van der Waals surface area (Å²) in [6.45, 7) is 0.475. The molecule has 0 spiro atoms. The number of carbonyl (C=O) groups excluding carboxylic acids is 1. The van der Waals surface area contributed by atoms with Crippen LogP contribution in [-0.4, -0.2) is 17.4 Å². The van der Waals surface area contributed by atoms with E-state index in [4.69, 9.17) is 5.73 Å². The molecule has 0 fully saturated rings. The van der Waals surface area contributed by atoms with Gasteiger partial charge in [-0.3, -0.25) is 4.79 Å². The van der Waals surface area contributed by atoms with Crippen molar-refractivity contribution in [3.63, 3.8) is 0 Å². The highest BCUT2D eigenvalue weighted by Gasteiger charge is 2.13. The summed E-state index contributed by atoms with van der Waals surface area (Å²) >= 11 is 0. The van der Waals surface area contributed by atoms with E-state index in [1.54, 1.807) is 18.3 Å². The number of rotatable bonds is 2. The van der Waals surface area contributed by atoms with Crippen molar-refractivity contribution in [2.24, 2.45) is 5.73 Å². The molecule has 2 N–H and O–H groups in total. The zero-order valence-electron chi connectivity index (χ0n) is 8.13. The Labute approximate surface area is 87.7 Å². The number of amides is 1. The largest absolute Gasteiger partial charge is 0.366 e. The van der Waals surface area contributed by atoms with Crippen molar-refractivity contribution in [3.8, 4) is 0 Å². The van der Waals surface area contributed by atoms with Gasteiger partial charge in [-0.15, -0.1) is 0 Å². The molecule has 0 radical (unpaired) electrons. The van der Waals surface area contributed by atoms with Gasteiger partial charge >= 0.3 is 0 Å². The minimum absolute atomic E-state index is 0.389. The summed E-state index contributed by atoms with van der Waals surface area (Å²) < 4.78 is 0. The fourth-order valence-corrected chi connectivity index (χ4v) is 1.39. The Hall–Kier alpha value is -2.10. The minimum atomic E-state index is -0.389. The highest BCUT2D eigenvalue weighted by molar-refractivity contribution is 5.93. The van der Waals surface area contributed by atoms with Crippen molar-refractivity contribution in [3.05, 3.63) is 48.3 Å². The van der Waals surface area contributed by atoms with Crippen molar-refractivity contribution in [1.29, 1.82) is 0 Å². The van der Waals surface area contributed by atoms with Crippen LogP contribution in [0.3, 0.4) is 0 Å². The molecule has 0 aromatic carbocycles. The quantitative estimate of drug-likeness (QED) is 0.770. The summed E-state index contributed by atoms with van der Waals surface area (Å²) in [6, 6.07) is 5.63. The summed E-state index contributed by atoms with van der Waals surface area (Å²) in [4.78, 5) is 17.1. The summed E-state index contributed by atoms with van der Waals surface area (Å²) in [6.07, 6.45) is 7.10. The first-order valence-electron chi connectivity index (χ1n) is 4.62. The second kappa shape index (κ2) is 3.96. The van der Waals surface area contributed by atoms with Crippen molar-refractivity contribution < 1.29 is 4.79 Å². The van der Waals surface area contributed by atoms with E-state index in [1.165, 1.54) is 0 Å². The van der Waals surface area contributed by atoms with Crippen LogP contribution in [-0.2, 0) is 4.79 Å². The van der Waals surface area contributed by atoms with Crippen LogP contribution in [0.5, 0.6) is 0 Å². The van der Waals surface area contributed by atoms with E-state index in [0.29, 0.717) is 12.1 Å². The number of nitrogens with two attached hydrogens (primary N) is 1. The molecule has 1 aromatic rings. The molecule has 2 rings (SSSR count). The van der Waals surface area contributed by atoms with Gasteiger partial charge in [-0.1, -0.05) is 12.1 Å². The molecular formula is C11H11N3O. The summed E-state index contributed by atoms with van der Waals surface area (Å²) in [5.41, 5.74) is 5.81. The van der Waals surface area contributed by atoms with E-state index in [9.17, 15) is 4.79 Å². The van der Waals surface area contributed by atoms with Crippen LogP contribution in [0.1, 0.15) is 0 Å². The predicted molar refractivity (Wildman–Crippen MR) is 58.0 cm³/mol. The number of primary amides is 1. The molecule has 0 aliphatic carbocycles. The average molecular weight is 201 g/mol. The Balaban J connectivity index is 2.19. The molecule has 1 aliphatic rings. The van der Waals surface area contributed by atoms with Crippen LogP contribution in [0.4, 0.5) is 5.82 Å². The number of allylic oxidation sites excluding steroid dienone is 2. The zero-order valence-corrected chi connectivity index (χ0v) is 8.13. The number of nitrogens with zero attached hydrogens (tertiary/aromatic N) is 2. The third-order valence-electron chi connectivity index (χ3n) is 2.16. The van der Waals surface area contributed by atoms with E-state index in [0.717, 1.165) is 5.82 Å². The van der Waals surface area contributed by atoms with Crippen LogP contribution >= 0.6 is 0 Å². The van der Waals surface area contributed by atoms with Gasteiger partial charge in [0.1, 0.15) is 5.82 Å². The molecule has 15 heavy (non-hydrogen) atoms. The first kappa shape index (κ1) is 9.45. The molecule has 2 heterocycles. The molecule has 1 aromatic heterocycles. The van der Waals surface area contributed by atoms with Crippen LogP contribution < -0.4 is 10.6 Å². The Kier molecular flexibility index (Phi) is 2.49. The molecule has 4 heteroatoms. The first-order chi connectivity index (χ1) is 7.27. The lowest BCUT2D eigenvalue weighted by Gasteiger charge is -2.22. The minimum Gasteiger partial charge on any atom is -0.366 e. The molecule has 0 saturated heterocycles. The third-order valence-corrected chi connectivity index (χ3v) is 2.16. The van der Waals surface area contributed by atoms with Gasteiger partial charge in [-0.25, -0.2) is 4.98 Å². The van der Waals surface area contributed by atoms with E-state index in [2.05, 4.69) is 4.98 Å². The van der Waals surface area contributed by atoms with Crippen LogP contribution in [0, 0.1) is 0 Å². The van der Waals surface area contributed by atoms with Crippen molar-refractivity contribution in [2.75, 3.05) is 11.4 Å². The first-order valence-corrected chi connectivity index (χ1v) is 4.62. The van der Waals surface area contributed by atoms with Crippen molar-refractivity contribution >= 4 is 11.7 Å². The number of hydrogen-bond acceptors (Lipinski definition) is 3. The summed E-state index contributed by atoms with van der Waals surface area (Å²) in [7, 11) is 0. The monoisotopic (exact) mass is 201 g/mol. The second-order valence-corrected chi connectivity index (χ2v) is 3.21. The molecule has 0 saturated carbocycles. The van der Waals surface area contributed by atoms with Gasteiger partial charge in [-0.2, -0.15) is 0 Å². The number of anilines is 1. The predicted octanol–water partition coefficient (Wildman–Crippen LogP) is 0.827. The Morgan fingerprint density at radius 3 is 3.00 bits per heavy atom. The standard InChI is InChI=1S/C11H11N3O/c12-11(15)9-4-3-7-14(8-9)10-5-1-2-6-13-10/h1-7H,8H2,(H2,12,15). The molecule has 0 atom stereocenters. The number of hydrogen-bond donors (Lipinski definition) is 1. The maximum atomic E-state index is 11.0. The molecule has 0 bridgehead atoms. The summed E-state index contributed by atoms with van der Waals surface area (Å²) in [5.74, 6) is 0.417. The van der Waals surface area contributed by atoms with E-state index < -0.39 is 0 Å². The van der Waals surface area contributed by atoms with Gasteiger partial charge < -0.3 is 10.6 Å². The van der Waals surface area contributed by atoms with Gasteiger partial charge in [0.25, 0.3) is 0 Å². The normalized spacial score (nSPS) is 14.9. The lowest BCUT2D eigenvalue weighted by molar-refractivity contribution is -0.114. The second-order valence-electron chi connectivity index (χ2n) is 3.21. The van der Waals surface area contributed by atoms with Gasteiger partial charge in [0, 0.05) is 18.0 Å². The lowest BCUT2D eigenvalue weighted by Crippen LogP contribution is -2.28. The Morgan fingerprint density at radius 2 is 2.33 bits per heavy atom. The van der Waals surface area contributed by atoms with Crippen LogP contribution in [0.25, 0.3) is 0 Å². The number of pyridine rings is 1. The maximum Gasteiger partial charge on any atom is 0.246 e. The van der Waals surface area contributed by atoms with Gasteiger partial charge in [0.05, 0.1) is 6.54 Å². The third kappa shape index (κ3) is 2.04. The van der Waals surface area contributed by atoms with Crippen LogP contribution in [0.2, 0.25) is 0 Å². The highest BCUT2D eigenvalue weighted by atomic mass is 16.1. The number of carbonyl (C=O) groups is 1. The summed E-state index contributed by atoms with van der Waals surface area (Å²) in [5, 5.41) is 0. The molecule has 1 aliphatic heterocycles. The smallest absolute Gasteiger partial charge is 0.246 e. The van der Waals surface area contributed by atoms with Crippen molar-refractivity contribution in [2.45, 2.75) is 0 Å². The molecule has 0 unspecified atom stereocenters. The van der Waals surface area contributed by atoms with Crippen molar-refractivity contribution in [1.82, 2.24) is 4.98 Å². The Morgan fingerprint density at radius 1 is 1.47 bits per heavy atom. The molecule has 76 valence electrons. The zero-order chi connectivity index (χ0) is 10.7. The van der Waals surface area contributed by atoms with Gasteiger partial charge in [-0.05, 0) is 18.2 Å². The lowest BCUT2D eigenvalue weighted by atomic mass is 10.2. The average Bonchev–Trinajstić information content (AvgIpc) is 2.30. The molecule has 1 amide bonds. The van der Waals surface area contributed by atoms with E-state index in [1.807, 2.05) is 29.3 Å². The fourth-order valence-electron chi connectivity index (χ4n) is 1.39. The van der Waals surface area contributed by atoms with E-state index >= 15 is 0 Å². The Bertz CT molecular complexity index is 423. The maximum absolute atomic E-state index is 11.0. The topological polar surface area (TPSA) is 59.2 Å². The highest BCUT2D eigenvalue weighted by Crippen LogP contribution is 2.15. The van der Waals surface area contributed by atoms with Gasteiger partial charge in [0.2, 0.25) is 5.91 Å². The SMILES string of the molecule is NC(=O)C1=CC=CN(c2ccccn2)C1. The number of aromatic nitrogens is 1. The fraction of sp³-hybridized carbons (Fsp3) is 0.0909. The van der Waals surface area contributed by atoms with Gasteiger partial charge in [0.15, 0.2) is 0 Å². The molecular weight excluding hydrogens is 190 g/mol. The van der Waals surface area contributed by atoms with E-state index in [-0.39, 0.29) is 5.91 Å². The van der Waals surface area contributed by atoms with Crippen LogP contribution in [0.15, 0.2) is 48.3 Å². The molecule has 4 nitrogen and oxygen atoms in total.